The van der Waals surface area contributed by atoms with Crippen LogP contribution in [0.15, 0.2) is 18.2 Å². The molecule has 0 radical (unpaired) electrons. The van der Waals surface area contributed by atoms with Crippen LogP contribution in [0.5, 0.6) is 0 Å². The van der Waals surface area contributed by atoms with Gasteiger partial charge in [-0.2, -0.15) is 0 Å². The third-order valence-corrected chi connectivity index (χ3v) is 5.39. The summed E-state index contributed by atoms with van der Waals surface area (Å²) in [6.07, 6.45) is 4.33. The molecule has 1 fully saturated rings. The summed E-state index contributed by atoms with van der Waals surface area (Å²) in [6, 6.07) is 5.95. The van der Waals surface area contributed by atoms with E-state index in [-0.39, 0.29) is 6.10 Å². The summed E-state index contributed by atoms with van der Waals surface area (Å²) in [6.45, 7) is 8.98. The number of aliphatic hydroxyl groups is 1. The predicted octanol–water partition coefficient (Wildman–Crippen LogP) is 5.53. The van der Waals surface area contributed by atoms with Gasteiger partial charge in [0.25, 0.3) is 0 Å². The van der Waals surface area contributed by atoms with E-state index in [2.05, 4.69) is 20.8 Å². The smallest absolute Gasteiger partial charge is 0.0818 e. The van der Waals surface area contributed by atoms with Crippen molar-refractivity contribution in [2.24, 2.45) is 17.3 Å². The summed E-state index contributed by atoms with van der Waals surface area (Å²) in [4.78, 5) is 0. The van der Waals surface area contributed by atoms with E-state index in [0.29, 0.717) is 11.3 Å². The largest absolute Gasteiger partial charge is 0.388 e. The Morgan fingerprint density at radius 1 is 1.15 bits per heavy atom. The molecule has 1 aliphatic rings. The first-order valence-electron chi connectivity index (χ1n) is 7.73. The molecule has 112 valence electrons. The molecular formula is C18H27ClO. The molecular weight excluding hydrogens is 268 g/mol. The fourth-order valence-corrected chi connectivity index (χ4v) is 3.56. The molecule has 20 heavy (non-hydrogen) atoms. The van der Waals surface area contributed by atoms with Crippen molar-refractivity contribution in [2.75, 3.05) is 0 Å². The third kappa shape index (κ3) is 3.56. The van der Waals surface area contributed by atoms with Gasteiger partial charge in [-0.3, -0.25) is 0 Å². The Morgan fingerprint density at radius 2 is 1.75 bits per heavy atom. The average Bonchev–Trinajstić information content (AvgIpc) is 2.40. The van der Waals surface area contributed by atoms with Crippen LogP contribution in [0.2, 0.25) is 5.02 Å². The van der Waals surface area contributed by atoms with Crippen molar-refractivity contribution >= 4 is 11.6 Å². The Bertz CT molecular complexity index is 453. The van der Waals surface area contributed by atoms with Crippen molar-refractivity contribution in [1.29, 1.82) is 0 Å². The molecule has 1 N–H and O–H groups in total. The van der Waals surface area contributed by atoms with Crippen LogP contribution < -0.4 is 0 Å². The summed E-state index contributed by atoms with van der Waals surface area (Å²) < 4.78 is 0. The molecule has 1 aliphatic carbocycles. The van der Waals surface area contributed by atoms with Gasteiger partial charge >= 0.3 is 0 Å². The van der Waals surface area contributed by atoms with Crippen LogP contribution >= 0.6 is 11.6 Å². The SMILES string of the molecule is Cc1ccc(C(O)C2CCC(C(C)(C)C)CC2)cc1Cl. The average molecular weight is 295 g/mol. The van der Waals surface area contributed by atoms with Gasteiger partial charge in [-0.05, 0) is 67.1 Å². The monoisotopic (exact) mass is 294 g/mol. The molecule has 0 amide bonds. The normalized spacial score (nSPS) is 25.5. The lowest BCUT2D eigenvalue weighted by Gasteiger charge is -2.38. The molecule has 0 spiro atoms. The molecule has 1 aromatic carbocycles. The summed E-state index contributed by atoms with van der Waals surface area (Å²) in [5, 5.41) is 11.3. The van der Waals surface area contributed by atoms with Crippen molar-refractivity contribution in [1.82, 2.24) is 0 Å². The number of halogens is 1. The highest BCUT2D eigenvalue weighted by Gasteiger charge is 2.32. The van der Waals surface area contributed by atoms with Crippen LogP contribution in [0.1, 0.15) is 63.7 Å². The van der Waals surface area contributed by atoms with Gasteiger partial charge in [0.1, 0.15) is 0 Å². The minimum Gasteiger partial charge on any atom is -0.388 e. The van der Waals surface area contributed by atoms with E-state index >= 15 is 0 Å². The van der Waals surface area contributed by atoms with E-state index in [1.165, 1.54) is 12.8 Å². The zero-order valence-electron chi connectivity index (χ0n) is 13.1. The highest BCUT2D eigenvalue weighted by molar-refractivity contribution is 6.31. The molecule has 0 bridgehead atoms. The molecule has 1 aromatic rings. The fourth-order valence-electron chi connectivity index (χ4n) is 3.37. The topological polar surface area (TPSA) is 20.2 Å². The van der Waals surface area contributed by atoms with Gasteiger partial charge in [0.2, 0.25) is 0 Å². The molecule has 2 rings (SSSR count). The number of hydrogen-bond acceptors (Lipinski definition) is 1. The standard InChI is InChI=1S/C18H27ClO/c1-12-5-6-14(11-16(12)19)17(20)13-7-9-15(10-8-13)18(2,3)4/h5-6,11,13,15,17,20H,7-10H2,1-4H3. The number of aliphatic hydroxyl groups excluding tert-OH is 1. The highest BCUT2D eigenvalue weighted by Crippen LogP contribution is 2.43. The second-order valence-corrected chi connectivity index (χ2v) is 7.84. The third-order valence-electron chi connectivity index (χ3n) is 4.98. The predicted molar refractivity (Wildman–Crippen MR) is 86.1 cm³/mol. The lowest BCUT2D eigenvalue weighted by Crippen LogP contribution is -2.28. The van der Waals surface area contributed by atoms with Gasteiger partial charge in [-0.1, -0.05) is 44.5 Å². The van der Waals surface area contributed by atoms with Gasteiger partial charge in [0, 0.05) is 5.02 Å². The molecule has 2 heteroatoms. The Labute approximate surface area is 128 Å². The summed E-state index contributed by atoms with van der Waals surface area (Å²) in [7, 11) is 0. The van der Waals surface area contributed by atoms with Gasteiger partial charge in [0.15, 0.2) is 0 Å². The first kappa shape index (κ1) is 15.9. The molecule has 1 atom stereocenters. The van der Waals surface area contributed by atoms with Gasteiger partial charge in [0.05, 0.1) is 6.10 Å². The van der Waals surface area contributed by atoms with Crippen LogP contribution in [-0.2, 0) is 0 Å². The van der Waals surface area contributed by atoms with Crippen molar-refractivity contribution < 1.29 is 5.11 Å². The zero-order chi connectivity index (χ0) is 14.9. The number of benzene rings is 1. The maximum atomic E-state index is 10.6. The summed E-state index contributed by atoms with van der Waals surface area (Å²) >= 11 is 6.17. The lowest BCUT2D eigenvalue weighted by molar-refractivity contribution is 0.0528. The Balaban J connectivity index is 2.01. The quantitative estimate of drug-likeness (QED) is 0.760. The maximum Gasteiger partial charge on any atom is 0.0818 e. The first-order valence-corrected chi connectivity index (χ1v) is 8.11. The van der Waals surface area contributed by atoms with E-state index in [1.54, 1.807) is 0 Å². The minimum atomic E-state index is -0.367. The summed E-state index contributed by atoms with van der Waals surface area (Å²) in [5.41, 5.74) is 2.43. The van der Waals surface area contributed by atoms with Crippen molar-refractivity contribution in [3.05, 3.63) is 34.3 Å². The first-order chi connectivity index (χ1) is 9.29. The van der Waals surface area contributed by atoms with E-state index in [4.69, 9.17) is 11.6 Å². The molecule has 0 heterocycles. The Morgan fingerprint density at radius 3 is 2.25 bits per heavy atom. The van der Waals surface area contributed by atoms with Crippen LogP contribution in [0.3, 0.4) is 0 Å². The van der Waals surface area contributed by atoms with Crippen molar-refractivity contribution in [2.45, 2.75) is 59.5 Å². The Hall–Kier alpha value is -0.530. The van der Waals surface area contributed by atoms with Crippen LogP contribution in [-0.4, -0.2) is 5.11 Å². The highest BCUT2D eigenvalue weighted by atomic mass is 35.5. The molecule has 1 nitrogen and oxygen atoms in total. The second kappa shape index (κ2) is 6.07. The van der Waals surface area contributed by atoms with E-state index in [1.807, 2.05) is 25.1 Å². The number of aryl methyl sites for hydroxylation is 1. The molecule has 1 saturated carbocycles. The number of rotatable bonds is 2. The molecule has 1 unspecified atom stereocenters. The van der Waals surface area contributed by atoms with Crippen LogP contribution in [0.25, 0.3) is 0 Å². The van der Waals surface area contributed by atoms with Crippen molar-refractivity contribution in [3.63, 3.8) is 0 Å². The second-order valence-electron chi connectivity index (χ2n) is 7.43. The minimum absolute atomic E-state index is 0.367. The number of hydrogen-bond donors (Lipinski definition) is 1. The Kier molecular flexibility index (Phi) is 4.81. The summed E-state index contributed by atoms with van der Waals surface area (Å²) in [5.74, 6) is 1.17. The fraction of sp³-hybridized carbons (Fsp3) is 0.667. The van der Waals surface area contributed by atoms with Gasteiger partial charge < -0.3 is 5.11 Å². The van der Waals surface area contributed by atoms with E-state index < -0.39 is 0 Å². The molecule has 0 saturated heterocycles. The van der Waals surface area contributed by atoms with Gasteiger partial charge in [-0.15, -0.1) is 0 Å². The maximum absolute atomic E-state index is 10.6. The van der Waals surface area contributed by atoms with Gasteiger partial charge in [-0.25, -0.2) is 0 Å². The lowest BCUT2D eigenvalue weighted by atomic mass is 9.68. The van der Waals surface area contributed by atoms with E-state index in [0.717, 1.165) is 34.9 Å². The van der Waals surface area contributed by atoms with Crippen LogP contribution in [0, 0.1) is 24.2 Å². The molecule has 0 aliphatic heterocycles. The van der Waals surface area contributed by atoms with Crippen molar-refractivity contribution in [3.8, 4) is 0 Å². The van der Waals surface area contributed by atoms with Crippen LogP contribution in [0.4, 0.5) is 0 Å². The molecule has 0 aromatic heterocycles. The zero-order valence-corrected chi connectivity index (χ0v) is 13.9. The van der Waals surface area contributed by atoms with E-state index in [9.17, 15) is 5.11 Å².